The lowest BCUT2D eigenvalue weighted by Gasteiger charge is -1.88. The predicted octanol–water partition coefficient (Wildman–Crippen LogP) is 1.18. The minimum absolute atomic E-state index is 0.754. The highest BCUT2D eigenvalue weighted by molar-refractivity contribution is 4.96. The SMILES string of the molecule is C#CCC=CCCNC. The molecule has 0 fully saturated rings. The molecule has 50 valence electrons. The maximum atomic E-state index is 5.03. The molecule has 1 N–H and O–H groups in total. The van der Waals surface area contributed by atoms with Crippen molar-refractivity contribution in [3.8, 4) is 12.3 Å². The topological polar surface area (TPSA) is 12.0 Å². The summed E-state index contributed by atoms with van der Waals surface area (Å²) in [6.45, 7) is 1.03. The van der Waals surface area contributed by atoms with Crippen molar-refractivity contribution in [3.63, 3.8) is 0 Å². The molecule has 0 rings (SSSR count). The lowest BCUT2D eigenvalue weighted by molar-refractivity contribution is 0.807. The van der Waals surface area contributed by atoms with Gasteiger partial charge in [-0.1, -0.05) is 12.2 Å². The molecule has 0 aliphatic rings. The van der Waals surface area contributed by atoms with E-state index in [1.807, 2.05) is 13.1 Å². The van der Waals surface area contributed by atoms with Gasteiger partial charge in [0.25, 0.3) is 0 Å². The Balaban J connectivity index is 2.97. The molecule has 0 aliphatic heterocycles. The highest BCUT2D eigenvalue weighted by Gasteiger charge is 1.73. The van der Waals surface area contributed by atoms with Gasteiger partial charge in [-0.2, -0.15) is 0 Å². The quantitative estimate of drug-likeness (QED) is 0.336. The molecular formula is C8H13N. The molecule has 0 heterocycles. The number of allylic oxidation sites excluding steroid dienone is 1. The van der Waals surface area contributed by atoms with E-state index in [0.717, 1.165) is 19.4 Å². The Morgan fingerprint density at radius 2 is 2.33 bits per heavy atom. The third-order valence-corrected chi connectivity index (χ3v) is 0.963. The Morgan fingerprint density at radius 1 is 1.56 bits per heavy atom. The molecule has 0 unspecified atom stereocenters. The zero-order chi connectivity index (χ0) is 6.95. The monoisotopic (exact) mass is 123 g/mol. The van der Waals surface area contributed by atoms with Crippen molar-refractivity contribution < 1.29 is 0 Å². The fraction of sp³-hybridized carbons (Fsp3) is 0.500. The van der Waals surface area contributed by atoms with E-state index in [1.54, 1.807) is 0 Å². The smallest absolute Gasteiger partial charge is 0.0267 e. The van der Waals surface area contributed by atoms with Crippen LogP contribution >= 0.6 is 0 Å². The molecule has 0 aromatic carbocycles. The van der Waals surface area contributed by atoms with E-state index < -0.39 is 0 Å². The summed E-state index contributed by atoms with van der Waals surface area (Å²) in [7, 11) is 1.94. The maximum Gasteiger partial charge on any atom is 0.0267 e. The normalized spacial score (nSPS) is 9.78. The van der Waals surface area contributed by atoms with Crippen molar-refractivity contribution in [3.05, 3.63) is 12.2 Å². The molecule has 9 heavy (non-hydrogen) atoms. The van der Waals surface area contributed by atoms with Crippen molar-refractivity contribution in [1.29, 1.82) is 0 Å². The maximum absolute atomic E-state index is 5.03. The first kappa shape index (κ1) is 8.26. The van der Waals surface area contributed by atoms with Crippen molar-refractivity contribution in [1.82, 2.24) is 5.32 Å². The van der Waals surface area contributed by atoms with Crippen molar-refractivity contribution in [2.45, 2.75) is 12.8 Å². The zero-order valence-corrected chi connectivity index (χ0v) is 5.85. The van der Waals surface area contributed by atoms with E-state index in [9.17, 15) is 0 Å². The summed E-state index contributed by atoms with van der Waals surface area (Å²) in [4.78, 5) is 0. The number of hydrogen-bond donors (Lipinski definition) is 1. The van der Waals surface area contributed by atoms with Gasteiger partial charge < -0.3 is 5.32 Å². The molecular weight excluding hydrogens is 110 g/mol. The molecule has 0 aliphatic carbocycles. The van der Waals surface area contributed by atoms with E-state index in [4.69, 9.17) is 6.42 Å². The fourth-order valence-corrected chi connectivity index (χ4v) is 0.497. The average molecular weight is 123 g/mol. The molecule has 0 atom stereocenters. The number of nitrogens with one attached hydrogen (secondary N) is 1. The predicted molar refractivity (Wildman–Crippen MR) is 41.1 cm³/mol. The molecule has 0 radical (unpaired) electrons. The first-order chi connectivity index (χ1) is 4.41. The summed E-state index contributed by atoms with van der Waals surface area (Å²) in [6, 6.07) is 0. The molecule has 0 amide bonds. The van der Waals surface area contributed by atoms with Gasteiger partial charge in [-0.25, -0.2) is 0 Å². The van der Waals surface area contributed by atoms with Gasteiger partial charge in [0.05, 0.1) is 0 Å². The number of terminal acetylenes is 1. The second-order valence-electron chi connectivity index (χ2n) is 1.77. The second-order valence-corrected chi connectivity index (χ2v) is 1.77. The van der Waals surface area contributed by atoms with Crippen LogP contribution in [-0.4, -0.2) is 13.6 Å². The van der Waals surface area contributed by atoms with Crippen LogP contribution < -0.4 is 5.32 Å². The minimum atomic E-state index is 0.754. The van der Waals surface area contributed by atoms with E-state index in [2.05, 4.69) is 17.3 Å². The highest BCUT2D eigenvalue weighted by atomic mass is 14.8. The van der Waals surface area contributed by atoms with E-state index in [1.165, 1.54) is 0 Å². The van der Waals surface area contributed by atoms with Crippen LogP contribution in [0.4, 0.5) is 0 Å². The van der Waals surface area contributed by atoms with Crippen LogP contribution in [0.5, 0.6) is 0 Å². The van der Waals surface area contributed by atoms with Crippen LogP contribution in [0.15, 0.2) is 12.2 Å². The Morgan fingerprint density at radius 3 is 2.89 bits per heavy atom. The Kier molecular flexibility index (Phi) is 6.66. The second kappa shape index (κ2) is 7.26. The molecule has 0 aromatic rings. The summed E-state index contributed by atoms with van der Waals surface area (Å²) in [5.41, 5.74) is 0. The summed E-state index contributed by atoms with van der Waals surface area (Å²) in [5, 5.41) is 3.04. The van der Waals surface area contributed by atoms with Gasteiger partial charge >= 0.3 is 0 Å². The number of hydrogen-bond acceptors (Lipinski definition) is 1. The fourth-order valence-electron chi connectivity index (χ4n) is 0.497. The van der Waals surface area contributed by atoms with Gasteiger partial charge in [-0.3, -0.25) is 0 Å². The summed E-state index contributed by atoms with van der Waals surface area (Å²) >= 11 is 0. The van der Waals surface area contributed by atoms with Gasteiger partial charge in [0.1, 0.15) is 0 Å². The van der Waals surface area contributed by atoms with Crippen LogP contribution in [0, 0.1) is 12.3 Å². The lowest BCUT2D eigenvalue weighted by atomic mass is 10.3. The Labute approximate surface area is 57.2 Å². The minimum Gasteiger partial charge on any atom is -0.319 e. The van der Waals surface area contributed by atoms with Crippen LogP contribution in [0.2, 0.25) is 0 Å². The molecule has 0 saturated heterocycles. The molecule has 1 nitrogen and oxygen atoms in total. The number of rotatable bonds is 4. The lowest BCUT2D eigenvalue weighted by Crippen LogP contribution is -2.05. The van der Waals surface area contributed by atoms with Gasteiger partial charge in [0, 0.05) is 6.42 Å². The first-order valence-corrected chi connectivity index (χ1v) is 3.15. The van der Waals surface area contributed by atoms with Crippen LogP contribution in [0.1, 0.15) is 12.8 Å². The molecule has 1 heteroatoms. The third-order valence-electron chi connectivity index (χ3n) is 0.963. The molecule has 0 aromatic heterocycles. The Bertz CT molecular complexity index is 108. The van der Waals surface area contributed by atoms with Gasteiger partial charge in [-0.15, -0.1) is 12.3 Å². The summed E-state index contributed by atoms with van der Waals surface area (Å²) in [6.07, 6.45) is 11.0. The first-order valence-electron chi connectivity index (χ1n) is 3.15. The largest absolute Gasteiger partial charge is 0.319 e. The van der Waals surface area contributed by atoms with Gasteiger partial charge in [-0.05, 0) is 20.0 Å². The van der Waals surface area contributed by atoms with Crippen molar-refractivity contribution in [2.75, 3.05) is 13.6 Å². The third kappa shape index (κ3) is 7.26. The van der Waals surface area contributed by atoms with E-state index in [0.29, 0.717) is 0 Å². The molecule has 0 bridgehead atoms. The Hall–Kier alpha value is -0.740. The van der Waals surface area contributed by atoms with Crippen molar-refractivity contribution in [2.24, 2.45) is 0 Å². The summed E-state index contributed by atoms with van der Waals surface area (Å²) in [5.74, 6) is 2.54. The molecule has 0 spiro atoms. The highest BCUT2D eigenvalue weighted by Crippen LogP contribution is 1.82. The average Bonchev–Trinajstić information content (AvgIpc) is 1.89. The van der Waals surface area contributed by atoms with E-state index >= 15 is 0 Å². The van der Waals surface area contributed by atoms with Crippen LogP contribution in [0.3, 0.4) is 0 Å². The van der Waals surface area contributed by atoms with Crippen LogP contribution in [0.25, 0.3) is 0 Å². The van der Waals surface area contributed by atoms with Crippen molar-refractivity contribution >= 4 is 0 Å². The standard InChI is InChI=1S/C8H13N/c1-3-4-5-6-7-8-9-2/h1,5-6,9H,4,7-8H2,2H3. The zero-order valence-electron chi connectivity index (χ0n) is 5.85. The van der Waals surface area contributed by atoms with E-state index in [-0.39, 0.29) is 0 Å². The summed E-state index contributed by atoms with van der Waals surface area (Å²) < 4.78 is 0. The van der Waals surface area contributed by atoms with Crippen LogP contribution in [-0.2, 0) is 0 Å². The van der Waals surface area contributed by atoms with Gasteiger partial charge in [0.15, 0.2) is 0 Å². The molecule has 0 saturated carbocycles. The van der Waals surface area contributed by atoms with Gasteiger partial charge in [0.2, 0.25) is 0 Å².